The van der Waals surface area contributed by atoms with E-state index in [4.69, 9.17) is 4.84 Å². The molecule has 2 aliphatic rings. The van der Waals surface area contributed by atoms with Crippen molar-refractivity contribution in [1.82, 2.24) is 4.90 Å². The number of oxime groups is 1. The normalized spacial score (nSPS) is 26.9. The highest BCUT2D eigenvalue weighted by Gasteiger charge is 2.47. The maximum Gasteiger partial charge on any atom is 0.259 e. The van der Waals surface area contributed by atoms with Gasteiger partial charge in [0.1, 0.15) is 18.3 Å². The van der Waals surface area contributed by atoms with Gasteiger partial charge in [-0.3, -0.25) is 0 Å². The van der Waals surface area contributed by atoms with Crippen LogP contribution in [0.3, 0.4) is 0 Å². The molecule has 2 rings (SSSR count). The number of aliphatic hydroxyl groups is 1. The van der Waals surface area contributed by atoms with Crippen molar-refractivity contribution in [2.24, 2.45) is 5.16 Å². The molecule has 1 fully saturated rings. The summed E-state index contributed by atoms with van der Waals surface area (Å²) in [6, 6.07) is 0. The average molecular weight is 298 g/mol. The minimum atomic E-state index is -1.28. The Labute approximate surface area is 123 Å². The standard InChI is InChI=1S/C15H20F2N2O2/c1-11(8-13(17)9-12(2)16)15(10-20)19-7-5-3-4-6-14(19)18-21-15/h8-9,20H,1,3-7,10H2,2H3/b12-9+,13-8+. The fourth-order valence-corrected chi connectivity index (χ4v) is 2.61. The van der Waals surface area contributed by atoms with Crippen LogP contribution in [0.15, 0.2) is 41.1 Å². The molecule has 1 unspecified atom stereocenters. The minimum Gasteiger partial charge on any atom is -0.390 e. The lowest BCUT2D eigenvalue weighted by Gasteiger charge is -2.35. The van der Waals surface area contributed by atoms with Crippen molar-refractivity contribution in [1.29, 1.82) is 0 Å². The van der Waals surface area contributed by atoms with Gasteiger partial charge in [-0.05, 0) is 25.8 Å². The molecular weight excluding hydrogens is 278 g/mol. The highest BCUT2D eigenvalue weighted by Crippen LogP contribution is 2.35. The van der Waals surface area contributed by atoms with Gasteiger partial charge >= 0.3 is 0 Å². The first kappa shape index (κ1) is 15.7. The van der Waals surface area contributed by atoms with Crippen molar-refractivity contribution in [2.45, 2.75) is 38.3 Å². The Hall–Kier alpha value is -1.69. The number of halogens is 2. The second kappa shape index (κ2) is 6.39. The van der Waals surface area contributed by atoms with Gasteiger partial charge in [-0.15, -0.1) is 0 Å². The van der Waals surface area contributed by atoms with Gasteiger partial charge < -0.3 is 14.8 Å². The second-order valence-electron chi connectivity index (χ2n) is 5.29. The van der Waals surface area contributed by atoms with Crippen molar-refractivity contribution in [2.75, 3.05) is 13.2 Å². The highest BCUT2D eigenvalue weighted by atomic mass is 19.1. The maximum absolute atomic E-state index is 13.7. The number of amidine groups is 1. The molecule has 0 aromatic rings. The van der Waals surface area contributed by atoms with Gasteiger partial charge in [-0.25, -0.2) is 8.78 Å². The highest BCUT2D eigenvalue weighted by molar-refractivity contribution is 5.84. The molecule has 2 aliphatic heterocycles. The number of fused-ring (bicyclic) bond motifs is 1. The smallest absolute Gasteiger partial charge is 0.259 e. The number of hydrogen-bond donors (Lipinski definition) is 1. The summed E-state index contributed by atoms with van der Waals surface area (Å²) in [6.07, 6.45) is 5.59. The van der Waals surface area contributed by atoms with Gasteiger partial charge in [-0.2, -0.15) is 0 Å². The third kappa shape index (κ3) is 3.15. The lowest BCUT2D eigenvalue weighted by Crippen LogP contribution is -2.52. The van der Waals surface area contributed by atoms with Crippen LogP contribution in [-0.2, 0) is 4.84 Å². The van der Waals surface area contributed by atoms with Crippen LogP contribution in [0.2, 0.25) is 0 Å². The van der Waals surface area contributed by atoms with Crippen LogP contribution in [-0.4, -0.2) is 34.7 Å². The van der Waals surface area contributed by atoms with Gasteiger partial charge in [0, 0.05) is 24.6 Å². The zero-order chi connectivity index (χ0) is 15.5. The summed E-state index contributed by atoms with van der Waals surface area (Å²) in [7, 11) is 0. The monoisotopic (exact) mass is 298 g/mol. The molecule has 1 saturated heterocycles. The summed E-state index contributed by atoms with van der Waals surface area (Å²) in [6.45, 7) is 5.19. The summed E-state index contributed by atoms with van der Waals surface area (Å²) in [5, 5.41) is 13.8. The first-order valence-electron chi connectivity index (χ1n) is 7.03. The van der Waals surface area contributed by atoms with E-state index in [0.717, 1.165) is 50.6 Å². The molecule has 1 N–H and O–H groups in total. The van der Waals surface area contributed by atoms with E-state index in [2.05, 4.69) is 11.7 Å². The predicted molar refractivity (Wildman–Crippen MR) is 76.7 cm³/mol. The molecule has 0 aromatic carbocycles. The van der Waals surface area contributed by atoms with Crippen molar-refractivity contribution in [3.8, 4) is 0 Å². The molecule has 6 heteroatoms. The molecule has 0 amide bonds. The third-order valence-corrected chi connectivity index (χ3v) is 3.70. The zero-order valence-corrected chi connectivity index (χ0v) is 12.1. The summed E-state index contributed by atoms with van der Waals surface area (Å²) >= 11 is 0. The summed E-state index contributed by atoms with van der Waals surface area (Å²) in [4.78, 5) is 7.23. The number of allylic oxidation sites excluding steroid dienone is 3. The van der Waals surface area contributed by atoms with Crippen LogP contribution >= 0.6 is 0 Å². The van der Waals surface area contributed by atoms with E-state index in [9.17, 15) is 13.9 Å². The molecule has 116 valence electrons. The van der Waals surface area contributed by atoms with E-state index in [0.29, 0.717) is 6.54 Å². The van der Waals surface area contributed by atoms with E-state index >= 15 is 0 Å². The predicted octanol–water partition coefficient (Wildman–Crippen LogP) is 3.18. The Morgan fingerprint density at radius 2 is 2.19 bits per heavy atom. The molecule has 1 atom stereocenters. The van der Waals surface area contributed by atoms with Crippen LogP contribution in [0.1, 0.15) is 32.6 Å². The van der Waals surface area contributed by atoms with Crippen molar-refractivity contribution in [3.63, 3.8) is 0 Å². The van der Waals surface area contributed by atoms with E-state index in [1.165, 1.54) is 0 Å². The van der Waals surface area contributed by atoms with Gasteiger partial charge in [0.25, 0.3) is 5.72 Å². The molecule has 0 saturated carbocycles. The van der Waals surface area contributed by atoms with Gasteiger partial charge in [-0.1, -0.05) is 18.2 Å². The topological polar surface area (TPSA) is 45.1 Å². The molecule has 21 heavy (non-hydrogen) atoms. The molecule has 0 spiro atoms. The Balaban J connectivity index is 2.26. The van der Waals surface area contributed by atoms with Crippen molar-refractivity contribution >= 4 is 5.84 Å². The SMILES string of the molecule is C=C(/C=C(F)\C=C(/C)F)C1(CO)ON=C2CCCCCN21. The van der Waals surface area contributed by atoms with Crippen LogP contribution in [0.25, 0.3) is 0 Å². The lowest BCUT2D eigenvalue weighted by atomic mass is 10.0. The number of hydrogen-bond acceptors (Lipinski definition) is 4. The first-order chi connectivity index (χ1) is 9.99. The molecule has 2 heterocycles. The molecule has 4 nitrogen and oxygen atoms in total. The first-order valence-corrected chi connectivity index (χ1v) is 7.03. The van der Waals surface area contributed by atoms with E-state index in [-0.39, 0.29) is 5.57 Å². The molecule has 0 aliphatic carbocycles. The van der Waals surface area contributed by atoms with E-state index < -0.39 is 24.0 Å². The van der Waals surface area contributed by atoms with Crippen molar-refractivity contribution in [3.05, 3.63) is 36.0 Å². The number of rotatable bonds is 4. The summed E-state index contributed by atoms with van der Waals surface area (Å²) in [5.41, 5.74) is -1.07. The number of nitrogens with zero attached hydrogens (tertiary/aromatic N) is 2. The molecular formula is C15H20F2N2O2. The third-order valence-electron chi connectivity index (χ3n) is 3.70. The largest absolute Gasteiger partial charge is 0.390 e. The Morgan fingerprint density at radius 1 is 1.43 bits per heavy atom. The number of aliphatic hydroxyl groups excluding tert-OH is 1. The van der Waals surface area contributed by atoms with E-state index in [1.807, 2.05) is 4.90 Å². The van der Waals surface area contributed by atoms with Crippen LogP contribution in [0.4, 0.5) is 8.78 Å². The quantitative estimate of drug-likeness (QED) is 0.811. The van der Waals surface area contributed by atoms with Crippen LogP contribution in [0, 0.1) is 0 Å². The van der Waals surface area contributed by atoms with E-state index in [1.54, 1.807) is 0 Å². The maximum atomic E-state index is 13.7. The van der Waals surface area contributed by atoms with Crippen LogP contribution < -0.4 is 0 Å². The fourth-order valence-electron chi connectivity index (χ4n) is 2.61. The average Bonchev–Trinajstić information content (AvgIpc) is 2.61. The zero-order valence-electron chi connectivity index (χ0n) is 12.1. The minimum absolute atomic E-state index is 0.209. The van der Waals surface area contributed by atoms with Crippen molar-refractivity contribution < 1.29 is 18.7 Å². The van der Waals surface area contributed by atoms with Gasteiger partial charge in [0.15, 0.2) is 0 Å². The summed E-state index contributed by atoms with van der Waals surface area (Å²) < 4.78 is 26.4. The molecule has 0 bridgehead atoms. The second-order valence-corrected chi connectivity index (χ2v) is 5.29. The molecule has 0 aromatic heterocycles. The Morgan fingerprint density at radius 3 is 2.86 bits per heavy atom. The Kier molecular flexibility index (Phi) is 4.77. The molecule has 0 radical (unpaired) electrons. The van der Waals surface area contributed by atoms with Gasteiger partial charge in [0.05, 0.1) is 5.83 Å². The fraction of sp³-hybridized carbons (Fsp3) is 0.533. The lowest BCUT2D eigenvalue weighted by molar-refractivity contribution is -0.0981. The van der Waals surface area contributed by atoms with Gasteiger partial charge in [0.2, 0.25) is 0 Å². The summed E-state index contributed by atoms with van der Waals surface area (Å²) in [5.74, 6) is -0.679. The Bertz CT molecular complexity index is 510. The van der Waals surface area contributed by atoms with Crippen LogP contribution in [0.5, 0.6) is 0 Å².